The lowest BCUT2D eigenvalue weighted by Crippen LogP contribution is -2.58. The predicted molar refractivity (Wildman–Crippen MR) is 125 cm³/mol. The topological polar surface area (TPSA) is 79.0 Å². The standard InChI is InChI=1S/C26H31N3O4/c1-19-4-8-21(9-5-19)22-10-6-20(7-11-22)17-23-26(32)27-12-14-29(23)25(31)18-33-16-15-28-13-2-3-24(28)30/h4-11,23H,2-3,12-18H2,1H3,(H,27,32)/t23-/m1/s1. The Hall–Kier alpha value is -3.19. The SMILES string of the molecule is Cc1ccc(-c2ccc(C[C@@H]3C(=O)NCCN3C(=O)COCCN3CCCC3=O)cc2)cc1. The van der Waals surface area contributed by atoms with Crippen molar-refractivity contribution in [2.24, 2.45) is 0 Å². The van der Waals surface area contributed by atoms with Crippen LogP contribution >= 0.6 is 0 Å². The minimum Gasteiger partial charge on any atom is -0.370 e. The van der Waals surface area contributed by atoms with Gasteiger partial charge in [-0.3, -0.25) is 14.4 Å². The number of carbonyl (C=O) groups is 3. The molecule has 2 fully saturated rings. The third-order valence-electron chi connectivity index (χ3n) is 6.32. The molecule has 0 aliphatic carbocycles. The largest absolute Gasteiger partial charge is 0.370 e. The maximum Gasteiger partial charge on any atom is 0.249 e. The van der Waals surface area contributed by atoms with Crippen LogP contribution < -0.4 is 5.32 Å². The second-order valence-corrected chi connectivity index (χ2v) is 8.70. The molecular weight excluding hydrogens is 418 g/mol. The molecule has 0 radical (unpaired) electrons. The molecule has 7 heteroatoms. The average Bonchev–Trinajstić information content (AvgIpc) is 3.23. The van der Waals surface area contributed by atoms with Crippen LogP contribution in [0.5, 0.6) is 0 Å². The van der Waals surface area contributed by atoms with Crippen LogP contribution in [-0.2, 0) is 25.5 Å². The summed E-state index contributed by atoms with van der Waals surface area (Å²) in [4.78, 5) is 40.4. The summed E-state index contributed by atoms with van der Waals surface area (Å²) in [6.45, 7) is 4.46. The molecule has 3 amide bonds. The van der Waals surface area contributed by atoms with E-state index in [1.807, 2.05) is 12.1 Å². The molecule has 1 N–H and O–H groups in total. The molecule has 0 saturated carbocycles. The molecule has 0 bridgehead atoms. The molecule has 4 rings (SSSR count). The molecule has 2 aromatic carbocycles. The Morgan fingerprint density at radius 3 is 2.39 bits per heavy atom. The van der Waals surface area contributed by atoms with Gasteiger partial charge >= 0.3 is 0 Å². The summed E-state index contributed by atoms with van der Waals surface area (Å²) >= 11 is 0. The predicted octanol–water partition coefficient (Wildman–Crippen LogP) is 2.17. The van der Waals surface area contributed by atoms with Crippen molar-refractivity contribution < 1.29 is 19.1 Å². The van der Waals surface area contributed by atoms with Gasteiger partial charge in [-0.15, -0.1) is 0 Å². The lowest BCUT2D eigenvalue weighted by molar-refractivity contribution is -0.146. The van der Waals surface area contributed by atoms with Crippen molar-refractivity contribution in [1.82, 2.24) is 15.1 Å². The number of rotatable bonds is 8. The van der Waals surface area contributed by atoms with E-state index in [0.717, 1.165) is 29.7 Å². The number of hydrogen-bond donors (Lipinski definition) is 1. The van der Waals surface area contributed by atoms with Gasteiger partial charge in [0.2, 0.25) is 17.7 Å². The van der Waals surface area contributed by atoms with Crippen LogP contribution in [-0.4, -0.2) is 73.0 Å². The molecule has 2 heterocycles. The quantitative estimate of drug-likeness (QED) is 0.627. The number of hydrogen-bond acceptors (Lipinski definition) is 4. The van der Waals surface area contributed by atoms with Crippen LogP contribution in [0, 0.1) is 6.92 Å². The summed E-state index contributed by atoms with van der Waals surface area (Å²) < 4.78 is 5.55. The van der Waals surface area contributed by atoms with Crippen molar-refractivity contribution in [1.29, 1.82) is 0 Å². The fourth-order valence-electron chi connectivity index (χ4n) is 4.38. The molecule has 33 heavy (non-hydrogen) atoms. The number of aryl methyl sites for hydroxylation is 1. The summed E-state index contributed by atoms with van der Waals surface area (Å²) in [5.74, 6) is -0.190. The lowest BCUT2D eigenvalue weighted by atomic mass is 9.98. The summed E-state index contributed by atoms with van der Waals surface area (Å²) in [6.07, 6.45) is 1.93. The minimum absolute atomic E-state index is 0.0851. The van der Waals surface area contributed by atoms with Gasteiger partial charge in [0, 0.05) is 39.0 Å². The van der Waals surface area contributed by atoms with E-state index in [9.17, 15) is 14.4 Å². The van der Waals surface area contributed by atoms with Crippen molar-refractivity contribution in [3.05, 3.63) is 59.7 Å². The Labute approximate surface area is 194 Å². The van der Waals surface area contributed by atoms with Gasteiger partial charge in [0.1, 0.15) is 12.6 Å². The highest BCUT2D eigenvalue weighted by Crippen LogP contribution is 2.22. The number of amides is 3. The number of nitrogens with one attached hydrogen (secondary N) is 1. The maximum absolute atomic E-state index is 12.8. The summed E-state index contributed by atoms with van der Waals surface area (Å²) in [5, 5.41) is 2.87. The normalized spacial score (nSPS) is 18.5. The monoisotopic (exact) mass is 449 g/mol. The molecule has 0 unspecified atom stereocenters. The number of carbonyl (C=O) groups excluding carboxylic acids is 3. The van der Waals surface area contributed by atoms with E-state index in [2.05, 4.69) is 48.6 Å². The smallest absolute Gasteiger partial charge is 0.249 e. The van der Waals surface area contributed by atoms with Crippen LogP contribution in [0.3, 0.4) is 0 Å². The first-order valence-corrected chi connectivity index (χ1v) is 11.6. The highest BCUT2D eigenvalue weighted by molar-refractivity contribution is 5.89. The van der Waals surface area contributed by atoms with Crippen molar-refractivity contribution in [3.8, 4) is 11.1 Å². The zero-order chi connectivity index (χ0) is 23.2. The molecule has 0 spiro atoms. The second kappa shape index (κ2) is 10.6. The summed E-state index contributed by atoms with van der Waals surface area (Å²) in [6, 6.07) is 15.9. The number of nitrogens with zero attached hydrogens (tertiary/aromatic N) is 2. The third-order valence-corrected chi connectivity index (χ3v) is 6.32. The van der Waals surface area contributed by atoms with Gasteiger partial charge < -0.3 is 19.9 Å². The fraction of sp³-hybridized carbons (Fsp3) is 0.423. The van der Waals surface area contributed by atoms with Gasteiger partial charge in [0.25, 0.3) is 0 Å². The molecule has 174 valence electrons. The summed E-state index contributed by atoms with van der Waals surface area (Å²) in [7, 11) is 0. The Kier molecular flexibility index (Phi) is 7.40. The van der Waals surface area contributed by atoms with Crippen molar-refractivity contribution in [2.75, 3.05) is 39.4 Å². The van der Waals surface area contributed by atoms with Gasteiger partial charge in [0.15, 0.2) is 0 Å². The van der Waals surface area contributed by atoms with Crippen molar-refractivity contribution in [3.63, 3.8) is 0 Å². The highest BCUT2D eigenvalue weighted by Gasteiger charge is 2.33. The van der Waals surface area contributed by atoms with Crippen LogP contribution in [0.2, 0.25) is 0 Å². The Balaban J connectivity index is 1.33. The number of piperazine rings is 1. The van der Waals surface area contributed by atoms with Crippen LogP contribution in [0.4, 0.5) is 0 Å². The molecule has 2 aliphatic heterocycles. The highest BCUT2D eigenvalue weighted by atomic mass is 16.5. The maximum atomic E-state index is 12.8. The second-order valence-electron chi connectivity index (χ2n) is 8.70. The van der Waals surface area contributed by atoms with Crippen LogP contribution in [0.1, 0.15) is 24.0 Å². The van der Waals surface area contributed by atoms with Gasteiger partial charge in [-0.2, -0.15) is 0 Å². The fourth-order valence-corrected chi connectivity index (χ4v) is 4.38. The van der Waals surface area contributed by atoms with Crippen LogP contribution in [0.15, 0.2) is 48.5 Å². The van der Waals surface area contributed by atoms with E-state index >= 15 is 0 Å². The average molecular weight is 450 g/mol. The molecule has 0 aromatic heterocycles. The molecule has 2 saturated heterocycles. The van der Waals surface area contributed by atoms with Crippen molar-refractivity contribution in [2.45, 2.75) is 32.2 Å². The van der Waals surface area contributed by atoms with E-state index < -0.39 is 6.04 Å². The zero-order valence-corrected chi connectivity index (χ0v) is 19.1. The minimum atomic E-state index is -0.555. The number of benzene rings is 2. The first-order valence-electron chi connectivity index (χ1n) is 11.6. The van der Waals surface area contributed by atoms with Crippen LogP contribution in [0.25, 0.3) is 11.1 Å². The Morgan fingerprint density at radius 1 is 1.03 bits per heavy atom. The lowest BCUT2D eigenvalue weighted by Gasteiger charge is -2.35. The molecule has 7 nitrogen and oxygen atoms in total. The molecule has 2 aromatic rings. The van der Waals surface area contributed by atoms with Gasteiger partial charge in [-0.05, 0) is 30.0 Å². The van der Waals surface area contributed by atoms with Gasteiger partial charge in [-0.25, -0.2) is 0 Å². The van der Waals surface area contributed by atoms with Gasteiger partial charge in [-0.1, -0.05) is 54.1 Å². The third kappa shape index (κ3) is 5.79. The Morgan fingerprint density at radius 2 is 1.73 bits per heavy atom. The van der Waals surface area contributed by atoms with Crippen molar-refractivity contribution >= 4 is 17.7 Å². The zero-order valence-electron chi connectivity index (χ0n) is 19.1. The summed E-state index contributed by atoms with van der Waals surface area (Å²) in [5.41, 5.74) is 4.48. The number of ether oxygens (including phenoxy) is 1. The molecular formula is C26H31N3O4. The first kappa shape index (κ1) is 23.0. The van der Waals surface area contributed by atoms with Gasteiger partial charge in [0.05, 0.1) is 6.61 Å². The van der Waals surface area contributed by atoms with E-state index in [0.29, 0.717) is 39.1 Å². The Bertz CT molecular complexity index is 988. The van der Waals surface area contributed by atoms with E-state index in [-0.39, 0.29) is 24.3 Å². The first-order chi connectivity index (χ1) is 16.0. The van der Waals surface area contributed by atoms with E-state index in [1.165, 1.54) is 5.56 Å². The molecule has 1 atom stereocenters. The van der Waals surface area contributed by atoms with E-state index in [4.69, 9.17) is 4.74 Å². The number of likely N-dealkylation sites (tertiary alicyclic amines) is 1. The molecule has 2 aliphatic rings. The van der Waals surface area contributed by atoms with E-state index in [1.54, 1.807) is 9.80 Å².